The average molecular weight is 275 g/mol. The third-order valence-corrected chi connectivity index (χ3v) is 2.52. The topological polar surface area (TPSA) is 92.1 Å². The number of anilines is 1. The monoisotopic (exact) mass is 274 g/mol. The van der Waals surface area contributed by atoms with Gasteiger partial charge in [-0.25, -0.2) is 4.98 Å². The Bertz CT molecular complexity index is 417. The summed E-state index contributed by atoms with van der Waals surface area (Å²) in [6.07, 6.45) is 1.28. The first-order chi connectivity index (χ1) is 7.06. The lowest BCUT2D eigenvalue weighted by molar-refractivity contribution is -0.116. The van der Waals surface area contributed by atoms with E-state index < -0.39 is 5.91 Å². The summed E-state index contributed by atoms with van der Waals surface area (Å²) in [5, 5.41) is 0. The molecule has 0 unspecified atom stereocenters. The number of likely N-dealkylation sites (N-methyl/N-ethyl adjacent to an activating group) is 1. The van der Waals surface area contributed by atoms with Crippen molar-refractivity contribution in [1.82, 2.24) is 9.97 Å². The molecule has 7 heteroatoms. The lowest BCUT2D eigenvalue weighted by Gasteiger charge is -2.20. The number of carbonyl (C=O) groups is 1. The molecule has 0 aliphatic heterocycles. The summed E-state index contributed by atoms with van der Waals surface area (Å²) in [5.74, 6) is -0.0501. The summed E-state index contributed by atoms with van der Waals surface area (Å²) >= 11 is 3.11. The van der Waals surface area contributed by atoms with E-state index in [1.807, 2.05) is 6.92 Å². The predicted octanol–water partition coefficient (Wildman–Crippen LogP) is -0.156. The Labute approximate surface area is 94.6 Å². The zero-order chi connectivity index (χ0) is 11.4. The maximum absolute atomic E-state index is 11.3. The van der Waals surface area contributed by atoms with Gasteiger partial charge in [-0.2, -0.15) is 0 Å². The number of aromatic amines is 1. The molecule has 15 heavy (non-hydrogen) atoms. The van der Waals surface area contributed by atoms with Crippen molar-refractivity contribution in [3.63, 3.8) is 0 Å². The van der Waals surface area contributed by atoms with Crippen LogP contribution in [0.1, 0.15) is 6.92 Å². The number of halogens is 1. The molecular weight excluding hydrogens is 264 g/mol. The normalized spacial score (nSPS) is 10.0. The van der Waals surface area contributed by atoms with Crippen molar-refractivity contribution < 1.29 is 4.79 Å². The number of H-pyrrole nitrogens is 1. The average Bonchev–Trinajstić information content (AvgIpc) is 2.19. The van der Waals surface area contributed by atoms with Gasteiger partial charge >= 0.3 is 0 Å². The van der Waals surface area contributed by atoms with Crippen molar-refractivity contribution in [2.24, 2.45) is 5.73 Å². The Balaban J connectivity index is 3.07. The number of rotatable bonds is 4. The second kappa shape index (κ2) is 4.92. The lowest BCUT2D eigenvalue weighted by atomic mass is 10.4. The van der Waals surface area contributed by atoms with Crippen LogP contribution in [-0.4, -0.2) is 29.0 Å². The van der Waals surface area contributed by atoms with Gasteiger partial charge in [0.05, 0.1) is 12.9 Å². The fourth-order valence-corrected chi connectivity index (χ4v) is 1.59. The van der Waals surface area contributed by atoms with Crippen LogP contribution in [0.2, 0.25) is 0 Å². The molecule has 0 saturated heterocycles. The first-order valence-electron chi connectivity index (χ1n) is 4.32. The Kier molecular flexibility index (Phi) is 3.84. The molecule has 0 aliphatic carbocycles. The second-order valence-corrected chi connectivity index (χ2v) is 3.64. The molecule has 0 aliphatic rings. The van der Waals surface area contributed by atoms with Crippen LogP contribution in [0.5, 0.6) is 0 Å². The van der Waals surface area contributed by atoms with Crippen molar-refractivity contribution in [1.29, 1.82) is 0 Å². The summed E-state index contributed by atoms with van der Waals surface area (Å²) in [6, 6.07) is 0. The zero-order valence-corrected chi connectivity index (χ0v) is 9.74. The molecule has 82 valence electrons. The van der Waals surface area contributed by atoms with Crippen molar-refractivity contribution >= 4 is 27.7 Å². The van der Waals surface area contributed by atoms with Gasteiger partial charge in [0.15, 0.2) is 5.82 Å². The van der Waals surface area contributed by atoms with Crippen LogP contribution < -0.4 is 16.2 Å². The maximum atomic E-state index is 11.3. The number of hydrogen-bond donors (Lipinski definition) is 2. The molecule has 6 nitrogen and oxygen atoms in total. The van der Waals surface area contributed by atoms with Crippen LogP contribution >= 0.6 is 15.9 Å². The molecule has 1 rings (SSSR count). The number of amides is 1. The summed E-state index contributed by atoms with van der Waals surface area (Å²) in [5.41, 5.74) is 4.80. The summed E-state index contributed by atoms with van der Waals surface area (Å²) < 4.78 is 0.299. The van der Waals surface area contributed by atoms with E-state index in [0.29, 0.717) is 16.8 Å². The van der Waals surface area contributed by atoms with Crippen LogP contribution in [0.25, 0.3) is 0 Å². The molecule has 0 spiro atoms. The molecule has 1 heterocycles. The molecule has 1 aromatic rings. The van der Waals surface area contributed by atoms with Crippen molar-refractivity contribution in [3.05, 3.63) is 21.2 Å². The molecule has 3 N–H and O–H groups in total. The van der Waals surface area contributed by atoms with Crippen LogP contribution in [-0.2, 0) is 4.79 Å². The molecule has 1 amide bonds. The summed E-state index contributed by atoms with van der Waals surface area (Å²) in [6.45, 7) is 2.42. The molecule has 0 fully saturated rings. The molecule has 0 atom stereocenters. The van der Waals surface area contributed by atoms with Gasteiger partial charge in [0.2, 0.25) is 5.91 Å². The van der Waals surface area contributed by atoms with E-state index in [0.717, 1.165) is 0 Å². The van der Waals surface area contributed by atoms with Crippen LogP contribution in [0.4, 0.5) is 5.82 Å². The predicted molar refractivity (Wildman–Crippen MR) is 59.6 cm³/mol. The zero-order valence-electron chi connectivity index (χ0n) is 8.16. The number of carbonyl (C=O) groups excluding carboxylic acids is 1. The quantitative estimate of drug-likeness (QED) is 0.798. The highest BCUT2D eigenvalue weighted by molar-refractivity contribution is 9.10. The van der Waals surface area contributed by atoms with E-state index in [1.165, 1.54) is 6.33 Å². The fraction of sp³-hybridized carbons (Fsp3) is 0.375. The third-order valence-electron chi connectivity index (χ3n) is 1.81. The molecule has 0 bridgehead atoms. The molecule has 0 aromatic carbocycles. The molecular formula is C8H11BrN4O2. The van der Waals surface area contributed by atoms with E-state index in [2.05, 4.69) is 25.9 Å². The van der Waals surface area contributed by atoms with Crippen LogP contribution in [0.3, 0.4) is 0 Å². The number of nitrogens with one attached hydrogen (secondary N) is 1. The minimum atomic E-state index is -0.467. The van der Waals surface area contributed by atoms with Crippen molar-refractivity contribution in [2.75, 3.05) is 18.0 Å². The highest BCUT2D eigenvalue weighted by Crippen LogP contribution is 2.17. The molecule has 1 aromatic heterocycles. The van der Waals surface area contributed by atoms with E-state index in [4.69, 9.17) is 5.73 Å². The maximum Gasteiger partial charge on any atom is 0.267 e. The standard InChI is InChI=1S/C8H11BrN4O2/c1-2-13(3-5(10)14)7-6(9)8(15)12-4-11-7/h4H,2-3H2,1H3,(H2,10,14)(H,11,12,15). The Hall–Kier alpha value is -1.37. The summed E-state index contributed by atoms with van der Waals surface area (Å²) in [7, 11) is 0. The van der Waals surface area contributed by atoms with E-state index >= 15 is 0 Å². The number of primary amides is 1. The van der Waals surface area contributed by atoms with E-state index in [-0.39, 0.29) is 12.1 Å². The highest BCUT2D eigenvalue weighted by Gasteiger charge is 2.13. The Morgan fingerprint density at radius 1 is 1.73 bits per heavy atom. The van der Waals surface area contributed by atoms with Crippen molar-refractivity contribution in [3.8, 4) is 0 Å². The SMILES string of the molecule is CCN(CC(N)=O)c1nc[nH]c(=O)c1Br. The van der Waals surface area contributed by atoms with Gasteiger partial charge in [-0.05, 0) is 22.9 Å². The molecule has 0 saturated carbocycles. The third kappa shape index (κ3) is 2.79. The summed E-state index contributed by atoms with van der Waals surface area (Å²) in [4.78, 5) is 30.1. The first-order valence-corrected chi connectivity index (χ1v) is 5.12. The van der Waals surface area contributed by atoms with Crippen molar-refractivity contribution in [2.45, 2.75) is 6.92 Å². The largest absolute Gasteiger partial charge is 0.368 e. The lowest BCUT2D eigenvalue weighted by Crippen LogP contribution is -2.35. The van der Waals surface area contributed by atoms with E-state index in [9.17, 15) is 9.59 Å². The van der Waals surface area contributed by atoms with E-state index in [1.54, 1.807) is 4.90 Å². The second-order valence-electron chi connectivity index (χ2n) is 2.85. The number of nitrogens with two attached hydrogens (primary N) is 1. The minimum Gasteiger partial charge on any atom is -0.368 e. The van der Waals surface area contributed by atoms with Gasteiger partial charge in [0, 0.05) is 6.54 Å². The van der Waals surface area contributed by atoms with Gasteiger partial charge < -0.3 is 15.6 Å². The van der Waals surface area contributed by atoms with Gasteiger partial charge in [0.25, 0.3) is 5.56 Å². The van der Waals surface area contributed by atoms with Crippen LogP contribution in [0.15, 0.2) is 15.6 Å². The minimum absolute atomic E-state index is 0.0333. The van der Waals surface area contributed by atoms with Gasteiger partial charge in [-0.15, -0.1) is 0 Å². The highest BCUT2D eigenvalue weighted by atomic mass is 79.9. The Morgan fingerprint density at radius 3 is 2.93 bits per heavy atom. The van der Waals surface area contributed by atoms with Gasteiger partial charge in [-0.3, -0.25) is 9.59 Å². The Morgan fingerprint density at radius 2 is 2.40 bits per heavy atom. The first kappa shape index (κ1) is 11.7. The number of aromatic nitrogens is 2. The number of hydrogen-bond acceptors (Lipinski definition) is 4. The molecule has 0 radical (unpaired) electrons. The van der Waals surface area contributed by atoms with Gasteiger partial charge in [-0.1, -0.05) is 0 Å². The smallest absolute Gasteiger partial charge is 0.267 e. The van der Waals surface area contributed by atoms with Gasteiger partial charge in [0.1, 0.15) is 4.47 Å². The number of nitrogens with zero attached hydrogens (tertiary/aromatic N) is 2. The van der Waals surface area contributed by atoms with Crippen LogP contribution in [0, 0.1) is 0 Å². The fourth-order valence-electron chi connectivity index (χ4n) is 1.12.